The molecule has 0 aromatic rings. The lowest BCUT2D eigenvalue weighted by molar-refractivity contribution is 0.719. The molecule has 0 heterocycles. The van der Waals surface area contributed by atoms with Gasteiger partial charge in [0.1, 0.15) is 0 Å². The molecule has 1 atom stereocenters. The quantitative estimate of drug-likeness (QED) is 0.582. The molecule has 46 valence electrons. The average Bonchev–Trinajstić information content (AvgIpc) is 1.35. The van der Waals surface area contributed by atoms with Crippen molar-refractivity contribution in [1.82, 2.24) is 0 Å². The molecule has 0 amide bonds. The van der Waals surface area contributed by atoms with Crippen molar-refractivity contribution in [2.75, 3.05) is 5.88 Å². The summed E-state index contributed by atoms with van der Waals surface area (Å²) < 4.78 is 0. The number of hydrogen-bond donors (Lipinski definition) is 1. The van der Waals surface area contributed by atoms with Gasteiger partial charge in [0.15, 0.2) is 0 Å². The van der Waals surface area contributed by atoms with Crippen LogP contribution in [0.4, 0.5) is 0 Å². The normalized spacial score (nSPS) is 12.4. The minimum Gasteiger partial charge on any atom is -0.328 e. The van der Waals surface area contributed by atoms with Gasteiger partial charge in [-0.3, -0.25) is 0 Å². The highest BCUT2D eigenvalue weighted by Crippen LogP contribution is 1.86. The first-order valence-electron chi connectivity index (χ1n) is 2.09. The van der Waals surface area contributed by atoms with Crippen molar-refractivity contribution in [3.8, 4) is 0 Å². The third kappa shape index (κ3) is 10.8. The van der Waals surface area contributed by atoms with Crippen LogP contribution < -0.4 is 5.73 Å². The van der Waals surface area contributed by atoms with Crippen LogP contribution >= 0.6 is 24.0 Å². The van der Waals surface area contributed by atoms with Crippen molar-refractivity contribution in [3.63, 3.8) is 0 Å². The van der Waals surface area contributed by atoms with Crippen LogP contribution in [0.1, 0.15) is 13.3 Å². The van der Waals surface area contributed by atoms with E-state index in [1.807, 2.05) is 6.92 Å². The van der Waals surface area contributed by atoms with Gasteiger partial charge in [0, 0.05) is 11.9 Å². The van der Waals surface area contributed by atoms with Gasteiger partial charge in [0.2, 0.25) is 0 Å². The predicted octanol–water partition coefficient (Wildman–Crippen LogP) is 1.38. The van der Waals surface area contributed by atoms with Crippen LogP contribution in [0, 0.1) is 0 Å². The second-order valence-corrected chi connectivity index (χ2v) is 1.83. The Labute approximate surface area is 55.6 Å². The molecule has 7 heavy (non-hydrogen) atoms. The Morgan fingerprint density at radius 1 is 1.71 bits per heavy atom. The van der Waals surface area contributed by atoms with E-state index in [4.69, 9.17) is 17.3 Å². The van der Waals surface area contributed by atoms with E-state index in [9.17, 15) is 0 Å². The number of rotatable bonds is 2. The van der Waals surface area contributed by atoms with Gasteiger partial charge in [-0.1, -0.05) is 0 Å². The minimum atomic E-state index is 0. The molecule has 0 aliphatic rings. The van der Waals surface area contributed by atoms with Gasteiger partial charge in [-0.05, 0) is 13.3 Å². The predicted molar refractivity (Wildman–Crippen MR) is 36.2 cm³/mol. The highest BCUT2D eigenvalue weighted by molar-refractivity contribution is 6.17. The van der Waals surface area contributed by atoms with Gasteiger partial charge in [0.05, 0.1) is 0 Å². The Kier molecular flexibility index (Phi) is 9.82. The molecule has 0 rings (SSSR count). The molecule has 0 aromatic carbocycles. The van der Waals surface area contributed by atoms with Crippen LogP contribution in [0.15, 0.2) is 0 Å². The first-order valence-corrected chi connectivity index (χ1v) is 2.62. The third-order valence-corrected chi connectivity index (χ3v) is 0.783. The summed E-state index contributed by atoms with van der Waals surface area (Å²) >= 11 is 5.32. The summed E-state index contributed by atoms with van der Waals surface area (Å²) in [6.07, 6.45) is 0.918. The first kappa shape index (κ1) is 10.5. The van der Waals surface area contributed by atoms with Gasteiger partial charge in [-0.15, -0.1) is 24.0 Å². The summed E-state index contributed by atoms with van der Waals surface area (Å²) in [5, 5.41) is 0. The lowest BCUT2D eigenvalue weighted by atomic mass is 10.3. The maximum atomic E-state index is 5.32. The van der Waals surface area contributed by atoms with Crippen LogP contribution in [0.5, 0.6) is 0 Å². The second-order valence-electron chi connectivity index (χ2n) is 1.45. The van der Waals surface area contributed by atoms with Crippen LogP contribution in [-0.4, -0.2) is 11.9 Å². The number of hydrogen-bond acceptors (Lipinski definition) is 1. The molecule has 0 radical (unpaired) electrons. The molecule has 0 aliphatic carbocycles. The number of halogens is 2. The van der Waals surface area contributed by atoms with Gasteiger partial charge in [-0.25, -0.2) is 0 Å². The van der Waals surface area contributed by atoms with E-state index in [2.05, 4.69) is 0 Å². The van der Waals surface area contributed by atoms with E-state index in [1.165, 1.54) is 0 Å². The summed E-state index contributed by atoms with van der Waals surface area (Å²) in [7, 11) is 0. The van der Waals surface area contributed by atoms with Crippen LogP contribution in [0.25, 0.3) is 0 Å². The van der Waals surface area contributed by atoms with Crippen molar-refractivity contribution in [1.29, 1.82) is 0 Å². The van der Waals surface area contributed by atoms with Gasteiger partial charge < -0.3 is 5.73 Å². The van der Waals surface area contributed by atoms with Crippen molar-refractivity contribution >= 4 is 24.0 Å². The Morgan fingerprint density at radius 2 is 2.14 bits per heavy atom. The molecule has 0 saturated heterocycles. The molecule has 1 unspecified atom stereocenters. The molecule has 3 heteroatoms. The summed E-state index contributed by atoms with van der Waals surface area (Å²) in [4.78, 5) is 0. The fourth-order valence-electron chi connectivity index (χ4n) is 0.172. The van der Waals surface area contributed by atoms with E-state index < -0.39 is 0 Å². The van der Waals surface area contributed by atoms with Gasteiger partial charge in [0.25, 0.3) is 0 Å². The second kappa shape index (κ2) is 6.54. The maximum absolute atomic E-state index is 5.32. The lowest BCUT2D eigenvalue weighted by Crippen LogP contribution is -2.14. The average molecular weight is 144 g/mol. The molecule has 0 bridgehead atoms. The van der Waals surface area contributed by atoms with Crippen molar-refractivity contribution in [2.24, 2.45) is 5.73 Å². The Morgan fingerprint density at radius 3 is 2.14 bits per heavy atom. The number of alkyl halides is 1. The highest BCUT2D eigenvalue weighted by atomic mass is 35.5. The van der Waals surface area contributed by atoms with E-state index >= 15 is 0 Å². The zero-order chi connectivity index (χ0) is 4.99. The van der Waals surface area contributed by atoms with E-state index in [0.717, 1.165) is 6.42 Å². The molecule has 0 spiro atoms. The minimum absolute atomic E-state index is 0. The Balaban J connectivity index is 0. The van der Waals surface area contributed by atoms with E-state index in [0.29, 0.717) is 5.88 Å². The molecule has 0 saturated carbocycles. The van der Waals surface area contributed by atoms with Crippen LogP contribution in [-0.2, 0) is 0 Å². The molecular formula is C4H11Cl2N. The van der Waals surface area contributed by atoms with Crippen molar-refractivity contribution < 1.29 is 0 Å². The fourth-order valence-corrected chi connectivity index (χ4v) is 0.516. The van der Waals surface area contributed by atoms with Crippen LogP contribution in [0.2, 0.25) is 0 Å². The van der Waals surface area contributed by atoms with Crippen LogP contribution in [0.3, 0.4) is 0 Å². The Bertz CT molecular complexity index is 30.9. The Hall–Kier alpha value is 0.540. The molecule has 2 N–H and O–H groups in total. The standard InChI is InChI=1S/C4H10ClN.ClH/c1-4(6)2-3-5;/h4H,2-3,6H2,1H3;1H. The summed E-state index contributed by atoms with van der Waals surface area (Å²) in [5.41, 5.74) is 5.32. The molecular weight excluding hydrogens is 133 g/mol. The van der Waals surface area contributed by atoms with Crippen molar-refractivity contribution in [2.45, 2.75) is 19.4 Å². The van der Waals surface area contributed by atoms with E-state index in [1.54, 1.807) is 0 Å². The topological polar surface area (TPSA) is 26.0 Å². The van der Waals surface area contributed by atoms with E-state index in [-0.39, 0.29) is 18.4 Å². The smallest absolute Gasteiger partial charge is 0.0238 e. The van der Waals surface area contributed by atoms with Crippen molar-refractivity contribution in [3.05, 3.63) is 0 Å². The monoisotopic (exact) mass is 143 g/mol. The first-order chi connectivity index (χ1) is 2.77. The largest absolute Gasteiger partial charge is 0.328 e. The zero-order valence-electron chi connectivity index (χ0n) is 4.36. The molecule has 0 aliphatic heterocycles. The van der Waals surface area contributed by atoms with Gasteiger partial charge in [-0.2, -0.15) is 0 Å². The zero-order valence-corrected chi connectivity index (χ0v) is 5.93. The highest BCUT2D eigenvalue weighted by Gasteiger charge is 1.86. The summed E-state index contributed by atoms with van der Waals surface area (Å²) in [6, 6.07) is 0.266. The SMILES string of the molecule is CC(N)CCCl.Cl. The van der Waals surface area contributed by atoms with Gasteiger partial charge >= 0.3 is 0 Å². The lowest BCUT2D eigenvalue weighted by Gasteiger charge is -1.95. The summed E-state index contributed by atoms with van der Waals surface area (Å²) in [5.74, 6) is 0.678. The number of nitrogens with two attached hydrogens (primary N) is 1. The fraction of sp³-hybridized carbons (Fsp3) is 1.00. The summed E-state index contributed by atoms with van der Waals surface area (Å²) in [6.45, 7) is 1.95. The third-order valence-electron chi connectivity index (χ3n) is 0.564. The molecule has 1 nitrogen and oxygen atoms in total. The maximum Gasteiger partial charge on any atom is 0.0238 e. The molecule has 0 aromatic heterocycles. The molecule has 0 fully saturated rings.